The van der Waals surface area contributed by atoms with Crippen LogP contribution in [0.3, 0.4) is 0 Å². The van der Waals surface area contributed by atoms with Crippen LogP contribution in [0, 0.1) is 18.3 Å². The lowest BCUT2D eigenvalue weighted by molar-refractivity contribution is -0.131. The highest BCUT2D eigenvalue weighted by molar-refractivity contribution is 5.85. The summed E-state index contributed by atoms with van der Waals surface area (Å²) in [6.45, 7) is 2.65. The van der Waals surface area contributed by atoms with Gasteiger partial charge in [-0.15, -0.1) is 0 Å². The topological polar surface area (TPSA) is 64.3 Å². The molecule has 18 heavy (non-hydrogen) atoms. The predicted octanol–water partition coefficient (Wildman–Crippen LogP) is 2.44. The highest BCUT2D eigenvalue weighted by Crippen LogP contribution is 2.21. The molecule has 0 aliphatic heterocycles. The summed E-state index contributed by atoms with van der Waals surface area (Å²) in [5.41, 5.74) is 2.97. The van der Waals surface area contributed by atoms with E-state index in [0.717, 1.165) is 22.9 Å². The second-order valence-electron chi connectivity index (χ2n) is 4.05. The van der Waals surface area contributed by atoms with Crippen LogP contribution in [0.25, 0.3) is 6.08 Å². The van der Waals surface area contributed by atoms with Crippen LogP contribution < -0.4 is 4.90 Å². The fourth-order valence-electron chi connectivity index (χ4n) is 1.72. The minimum absolute atomic E-state index is 0.483. The van der Waals surface area contributed by atoms with Crippen LogP contribution in [0.4, 0.5) is 5.69 Å². The van der Waals surface area contributed by atoms with Crippen LogP contribution in [0.2, 0.25) is 0 Å². The van der Waals surface area contributed by atoms with Crippen LogP contribution in [-0.2, 0) is 4.79 Å². The number of aliphatic carboxylic acids is 1. The second-order valence-corrected chi connectivity index (χ2v) is 4.05. The number of benzene rings is 1. The van der Waals surface area contributed by atoms with Gasteiger partial charge in [0.05, 0.1) is 12.5 Å². The Hall–Kier alpha value is -2.28. The van der Waals surface area contributed by atoms with Crippen LogP contribution in [0.1, 0.15) is 17.5 Å². The fourth-order valence-corrected chi connectivity index (χ4v) is 1.72. The number of rotatable bonds is 5. The number of hydrogen-bond donors (Lipinski definition) is 1. The second kappa shape index (κ2) is 6.45. The first kappa shape index (κ1) is 13.8. The number of anilines is 1. The maximum atomic E-state index is 10.4. The molecule has 0 heterocycles. The molecule has 0 aliphatic rings. The van der Waals surface area contributed by atoms with Crippen molar-refractivity contribution in [2.24, 2.45) is 0 Å². The van der Waals surface area contributed by atoms with Gasteiger partial charge in [0.1, 0.15) is 0 Å². The molecule has 1 N–H and O–H groups in total. The van der Waals surface area contributed by atoms with Gasteiger partial charge in [0, 0.05) is 25.4 Å². The van der Waals surface area contributed by atoms with E-state index < -0.39 is 5.97 Å². The Morgan fingerprint density at radius 3 is 2.83 bits per heavy atom. The smallest absolute Gasteiger partial charge is 0.328 e. The molecule has 0 saturated carbocycles. The van der Waals surface area contributed by atoms with E-state index in [9.17, 15) is 4.79 Å². The van der Waals surface area contributed by atoms with Gasteiger partial charge in [-0.2, -0.15) is 5.26 Å². The molecule has 1 aromatic rings. The lowest BCUT2D eigenvalue weighted by atomic mass is 10.1. The Morgan fingerprint density at radius 1 is 1.56 bits per heavy atom. The Morgan fingerprint density at radius 2 is 2.28 bits per heavy atom. The SMILES string of the molecule is Cc1cc(/C=C/C(=O)O)ccc1N(C)CCC#N. The van der Waals surface area contributed by atoms with Gasteiger partial charge in [-0.1, -0.05) is 6.07 Å². The minimum Gasteiger partial charge on any atom is -0.478 e. The Bertz CT molecular complexity index is 501. The summed E-state index contributed by atoms with van der Waals surface area (Å²) in [5.74, 6) is -0.956. The first-order valence-corrected chi connectivity index (χ1v) is 5.64. The molecular formula is C14H16N2O2. The maximum absolute atomic E-state index is 10.4. The van der Waals surface area contributed by atoms with E-state index in [2.05, 4.69) is 6.07 Å². The molecule has 0 bridgehead atoms. The molecule has 4 heteroatoms. The van der Waals surface area contributed by atoms with Crippen molar-refractivity contribution < 1.29 is 9.90 Å². The van der Waals surface area contributed by atoms with Crippen molar-refractivity contribution in [3.8, 4) is 6.07 Å². The molecule has 4 nitrogen and oxygen atoms in total. The van der Waals surface area contributed by atoms with Crippen molar-refractivity contribution >= 4 is 17.7 Å². The Balaban J connectivity index is 2.86. The predicted molar refractivity (Wildman–Crippen MR) is 71.3 cm³/mol. The quantitative estimate of drug-likeness (QED) is 0.808. The summed E-state index contributed by atoms with van der Waals surface area (Å²) in [4.78, 5) is 12.4. The molecule has 0 aromatic heterocycles. The molecule has 94 valence electrons. The first-order valence-electron chi connectivity index (χ1n) is 5.64. The van der Waals surface area contributed by atoms with E-state index in [4.69, 9.17) is 10.4 Å². The van der Waals surface area contributed by atoms with Gasteiger partial charge < -0.3 is 10.0 Å². The van der Waals surface area contributed by atoms with Crippen molar-refractivity contribution in [2.75, 3.05) is 18.5 Å². The third kappa shape index (κ3) is 3.95. The lowest BCUT2D eigenvalue weighted by Crippen LogP contribution is -2.18. The molecule has 0 unspecified atom stereocenters. The van der Waals surface area contributed by atoms with Crippen molar-refractivity contribution in [2.45, 2.75) is 13.3 Å². The highest BCUT2D eigenvalue weighted by Gasteiger charge is 2.04. The summed E-state index contributed by atoms with van der Waals surface area (Å²) in [5, 5.41) is 17.1. The number of carboxylic acids is 1. The van der Waals surface area contributed by atoms with Gasteiger partial charge in [-0.05, 0) is 36.3 Å². The summed E-state index contributed by atoms with van der Waals surface area (Å²) in [6, 6.07) is 7.85. The normalized spacial score (nSPS) is 10.3. The molecule has 1 aromatic carbocycles. The van der Waals surface area contributed by atoms with Crippen molar-refractivity contribution in [3.63, 3.8) is 0 Å². The monoisotopic (exact) mass is 244 g/mol. The summed E-state index contributed by atoms with van der Waals surface area (Å²) in [7, 11) is 1.94. The van der Waals surface area contributed by atoms with Gasteiger partial charge in [0.2, 0.25) is 0 Å². The molecule has 0 atom stereocenters. The van der Waals surface area contributed by atoms with Crippen molar-refractivity contribution in [1.29, 1.82) is 5.26 Å². The van der Waals surface area contributed by atoms with E-state index in [0.29, 0.717) is 13.0 Å². The van der Waals surface area contributed by atoms with Crippen LogP contribution >= 0.6 is 0 Å². The molecule has 0 amide bonds. The van der Waals surface area contributed by atoms with E-state index in [1.165, 1.54) is 0 Å². The van der Waals surface area contributed by atoms with Gasteiger partial charge in [-0.25, -0.2) is 4.79 Å². The third-order valence-electron chi connectivity index (χ3n) is 2.61. The van der Waals surface area contributed by atoms with Crippen LogP contribution in [0.5, 0.6) is 0 Å². The number of aryl methyl sites for hydroxylation is 1. The molecule has 0 radical (unpaired) electrons. The van der Waals surface area contributed by atoms with E-state index >= 15 is 0 Å². The molecule has 0 saturated heterocycles. The maximum Gasteiger partial charge on any atom is 0.328 e. The largest absolute Gasteiger partial charge is 0.478 e. The average Bonchev–Trinajstić information content (AvgIpc) is 2.33. The van der Waals surface area contributed by atoms with Gasteiger partial charge >= 0.3 is 5.97 Å². The zero-order valence-corrected chi connectivity index (χ0v) is 10.6. The van der Waals surface area contributed by atoms with Gasteiger partial charge in [0.15, 0.2) is 0 Å². The zero-order valence-electron chi connectivity index (χ0n) is 10.6. The standard InChI is InChI=1S/C14H16N2O2/c1-11-10-12(5-7-14(17)18)4-6-13(11)16(2)9-3-8-15/h4-7,10H,3,9H2,1-2H3,(H,17,18)/b7-5+. The van der Waals surface area contributed by atoms with Crippen molar-refractivity contribution in [1.82, 2.24) is 0 Å². The first-order chi connectivity index (χ1) is 8.54. The number of nitrogens with zero attached hydrogens (tertiary/aromatic N) is 2. The summed E-state index contributed by atoms with van der Waals surface area (Å²) in [6.07, 6.45) is 3.17. The van der Waals surface area contributed by atoms with Crippen LogP contribution in [-0.4, -0.2) is 24.7 Å². The molecule has 1 rings (SSSR count). The molecule has 0 spiro atoms. The Kier molecular flexibility index (Phi) is 4.94. The van der Waals surface area contributed by atoms with Gasteiger partial charge in [-0.3, -0.25) is 0 Å². The number of carboxylic acid groups (broad SMARTS) is 1. The number of nitriles is 1. The molecular weight excluding hydrogens is 228 g/mol. The van der Waals surface area contributed by atoms with Crippen LogP contribution in [0.15, 0.2) is 24.3 Å². The fraction of sp³-hybridized carbons (Fsp3) is 0.286. The van der Waals surface area contributed by atoms with Gasteiger partial charge in [0.25, 0.3) is 0 Å². The van der Waals surface area contributed by atoms with E-state index in [-0.39, 0.29) is 0 Å². The van der Waals surface area contributed by atoms with E-state index in [1.807, 2.05) is 37.1 Å². The minimum atomic E-state index is -0.956. The molecule has 0 aliphatic carbocycles. The number of hydrogen-bond acceptors (Lipinski definition) is 3. The van der Waals surface area contributed by atoms with E-state index in [1.54, 1.807) is 6.08 Å². The lowest BCUT2D eigenvalue weighted by Gasteiger charge is -2.20. The summed E-state index contributed by atoms with van der Waals surface area (Å²) >= 11 is 0. The highest BCUT2D eigenvalue weighted by atomic mass is 16.4. The summed E-state index contributed by atoms with van der Waals surface area (Å²) < 4.78 is 0. The Labute approximate surface area is 107 Å². The third-order valence-corrected chi connectivity index (χ3v) is 2.61. The molecule has 0 fully saturated rings. The van der Waals surface area contributed by atoms with Crippen molar-refractivity contribution in [3.05, 3.63) is 35.4 Å². The number of carbonyl (C=O) groups is 1. The average molecular weight is 244 g/mol. The zero-order chi connectivity index (χ0) is 13.5.